The first-order valence-corrected chi connectivity index (χ1v) is 6.16. The molecule has 0 unspecified atom stereocenters. The zero-order valence-corrected chi connectivity index (χ0v) is 11.3. The van der Waals surface area contributed by atoms with Gasteiger partial charge in [-0.3, -0.25) is 0 Å². The van der Waals surface area contributed by atoms with Gasteiger partial charge in [-0.25, -0.2) is 4.79 Å². The number of rotatable bonds is 5. The number of anilines is 1. The topological polar surface area (TPSA) is 100 Å². The number of aliphatic hydroxyl groups excluding tert-OH is 1. The summed E-state index contributed by atoms with van der Waals surface area (Å²) >= 11 is 0. The number of carboxylic acids is 1. The van der Waals surface area contributed by atoms with Crippen molar-refractivity contribution >= 4 is 11.8 Å². The summed E-state index contributed by atoms with van der Waals surface area (Å²) in [5.41, 5.74) is 2.61. The standard InChI is InChI=1S/C13H16N4O3/c1-8-4-3-5-10(9(8)2)17-15-11(13(19)20)12(16-17)14-6-7-18/h3-5,18H,6-7H2,1-2H3,(H,14,16)(H,19,20). The van der Waals surface area contributed by atoms with Gasteiger partial charge in [-0.1, -0.05) is 12.1 Å². The lowest BCUT2D eigenvalue weighted by Gasteiger charge is -2.06. The van der Waals surface area contributed by atoms with Crippen LogP contribution in [0.5, 0.6) is 0 Å². The van der Waals surface area contributed by atoms with Crippen molar-refractivity contribution in [3.63, 3.8) is 0 Å². The number of aliphatic hydroxyl groups is 1. The van der Waals surface area contributed by atoms with Gasteiger partial charge >= 0.3 is 5.97 Å². The average molecular weight is 276 g/mol. The fraction of sp³-hybridized carbons (Fsp3) is 0.308. The number of aromatic carboxylic acids is 1. The lowest BCUT2D eigenvalue weighted by atomic mass is 10.1. The molecule has 1 aromatic heterocycles. The fourth-order valence-corrected chi connectivity index (χ4v) is 1.80. The molecule has 7 nitrogen and oxygen atoms in total. The molecule has 2 rings (SSSR count). The molecule has 0 saturated carbocycles. The zero-order valence-electron chi connectivity index (χ0n) is 11.3. The summed E-state index contributed by atoms with van der Waals surface area (Å²) < 4.78 is 0. The minimum Gasteiger partial charge on any atom is -0.476 e. The van der Waals surface area contributed by atoms with Gasteiger partial charge in [0, 0.05) is 6.54 Å². The smallest absolute Gasteiger partial charge is 0.360 e. The quantitative estimate of drug-likeness (QED) is 0.753. The van der Waals surface area contributed by atoms with E-state index in [4.69, 9.17) is 10.2 Å². The van der Waals surface area contributed by atoms with Crippen molar-refractivity contribution in [1.82, 2.24) is 15.0 Å². The number of nitrogens with zero attached hydrogens (tertiary/aromatic N) is 3. The molecule has 1 aromatic carbocycles. The highest BCUT2D eigenvalue weighted by Gasteiger charge is 2.19. The third-order valence-corrected chi connectivity index (χ3v) is 3.01. The fourth-order valence-electron chi connectivity index (χ4n) is 1.80. The summed E-state index contributed by atoms with van der Waals surface area (Å²) in [5.74, 6) is -1.02. The van der Waals surface area contributed by atoms with E-state index in [1.54, 1.807) is 0 Å². The molecule has 0 saturated heterocycles. The molecule has 0 spiro atoms. The number of nitrogens with one attached hydrogen (secondary N) is 1. The van der Waals surface area contributed by atoms with Crippen LogP contribution in [-0.2, 0) is 0 Å². The molecule has 0 aliphatic heterocycles. The maximum Gasteiger partial charge on any atom is 0.360 e. The third-order valence-electron chi connectivity index (χ3n) is 3.01. The van der Waals surface area contributed by atoms with Crippen molar-refractivity contribution in [1.29, 1.82) is 0 Å². The first-order chi connectivity index (χ1) is 9.54. The van der Waals surface area contributed by atoms with Crippen LogP contribution in [-0.4, -0.2) is 44.3 Å². The number of hydrogen-bond acceptors (Lipinski definition) is 5. The van der Waals surface area contributed by atoms with Gasteiger partial charge in [0.25, 0.3) is 0 Å². The Morgan fingerprint density at radius 2 is 2.10 bits per heavy atom. The Morgan fingerprint density at radius 1 is 1.35 bits per heavy atom. The van der Waals surface area contributed by atoms with E-state index < -0.39 is 5.97 Å². The van der Waals surface area contributed by atoms with E-state index in [1.807, 2.05) is 32.0 Å². The molecule has 0 aliphatic carbocycles. The summed E-state index contributed by atoms with van der Waals surface area (Å²) in [5, 5.41) is 28.8. The lowest BCUT2D eigenvalue weighted by Crippen LogP contribution is -2.09. The molecule has 0 radical (unpaired) electrons. The Bertz CT molecular complexity index is 637. The Kier molecular flexibility index (Phi) is 3.99. The summed E-state index contributed by atoms with van der Waals surface area (Å²) in [6.07, 6.45) is 0. The highest BCUT2D eigenvalue weighted by molar-refractivity contribution is 5.90. The van der Waals surface area contributed by atoms with Crippen molar-refractivity contribution < 1.29 is 15.0 Å². The summed E-state index contributed by atoms with van der Waals surface area (Å²) in [6, 6.07) is 5.65. The van der Waals surface area contributed by atoms with E-state index in [-0.39, 0.29) is 24.7 Å². The maximum atomic E-state index is 11.2. The van der Waals surface area contributed by atoms with Crippen molar-refractivity contribution in [2.24, 2.45) is 0 Å². The maximum absolute atomic E-state index is 11.2. The van der Waals surface area contributed by atoms with Crippen LogP contribution in [0.25, 0.3) is 5.69 Å². The van der Waals surface area contributed by atoms with Gasteiger partial charge in [0.2, 0.25) is 5.69 Å². The predicted molar refractivity (Wildman–Crippen MR) is 73.4 cm³/mol. The van der Waals surface area contributed by atoms with Crippen LogP contribution < -0.4 is 5.32 Å². The normalized spacial score (nSPS) is 10.6. The van der Waals surface area contributed by atoms with Crippen LogP contribution >= 0.6 is 0 Å². The molecular weight excluding hydrogens is 260 g/mol. The number of benzene rings is 1. The van der Waals surface area contributed by atoms with Gasteiger partial charge in [0.15, 0.2) is 5.82 Å². The number of carboxylic acid groups (broad SMARTS) is 1. The Balaban J connectivity index is 2.47. The van der Waals surface area contributed by atoms with E-state index in [9.17, 15) is 4.79 Å². The average Bonchev–Trinajstić information content (AvgIpc) is 2.83. The van der Waals surface area contributed by atoms with E-state index in [0.717, 1.165) is 16.8 Å². The molecule has 3 N–H and O–H groups in total. The largest absolute Gasteiger partial charge is 0.476 e. The van der Waals surface area contributed by atoms with Crippen molar-refractivity contribution in [3.8, 4) is 5.69 Å². The highest BCUT2D eigenvalue weighted by Crippen LogP contribution is 2.18. The molecule has 0 amide bonds. The van der Waals surface area contributed by atoms with Gasteiger partial charge < -0.3 is 15.5 Å². The molecule has 2 aromatic rings. The first-order valence-electron chi connectivity index (χ1n) is 6.16. The van der Waals surface area contributed by atoms with E-state index in [0.29, 0.717) is 0 Å². The van der Waals surface area contributed by atoms with Crippen molar-refractivity contribution in [2.45, 2.75) is 13.8 Å². The van der Waals surface area contributed by atoms with Gasteiger partial charge in [-0.05, 0) is 31.0 Å². The molecule has 1 heterocycles. The summed E-state index contributed by atoms with van der Waals surface area (Å²) in [4.78, 5) is 12.5. The Morgan fingerprint density at radius 3 is 2.75 bits per heavy atom. The van der Waals surface area contributed by atoms with Crippen LogP contribution in [0.3, 0.4) is 0 Å². The molecule has 0 aliphatic rings. The van der Waals surface area contributed by atoms with Crippen LogP contribution in [0, 0.1) is 13.8 Å². The first kappa shape index (κ1) is 14.0. The second-order valence-electron chi connectivity index (χ2n) is 4.36. The number of carbonyl (C=O) groups is 1. The van der Waals surface area contributed by atoms with Crippen molar-refractivity contribution in [3.05, 3.63) is 35.0 Å². The van der Waals surface area contributed by atoms with Gasteiger partial charge in [0.1, 0.15) is 0 Å². The number of hydrogen-bond donors (Lipinski definition) is 3. The van der Waals surface area contributed by atoms with Gasteiger partial charge in [0.05, 0.1) is 12.3 Å². The minimum atomic E-state index is -1.16. The Hall–Kier alpha value is -2.41. The van der Waals surface area contributed by atoms with Crippen molar-refractivity contribution in [2.75, 3.05) is 18.5 Å². The predicted octanol–water partition coefficient (Wildman–Crippen LogP) is 0.987. The second kappa shape index (κ2) is 5.70. The van der Waals surface area contributed by atoms with Crippen LogP contribution in [0.1, 0.15) is 21.6 Å². The van der Waals surface area contributed by atoms with E-state index >= 15 is 0 Å². The van der Waals surface area contributed by atoms with Crippen LogP contribution in [0.2, 0.25) is 0 Å². The molecule has 7 heteroatoms. The number of aromatic nitrogens is 3. The monoisotopic (exact) mass is 276 g/mol. The zero-order chi connectivity index (χ0) is 14.7. The third kappa shape index (κ3) is 2.62. The summed E-state index contributed by atoms with van der Waals surface area (Å²) in [7, 11) is 0. The molecular formula is C13H16N4O3. The van der Waals surface area contributed by atoms with Gasteiger partial charge in [-0.15, -0.1) is 15.0 Å². The highest BCUT2D eigenvalue weighted by atomic mass is 16.4. The van der Waals surface area contributed by atoms with Gasteiger partial charge in [-0.2, -0.15) is 0 Å². The van der Waals surface area contributed by atoms with Crippen LogP contribution in [0.15, 0.2) is 18.2 Å². The van der Waals surface area contributed by atoms with E-state index in [1.165, 1.54) is 4.80 Å². The molecule has 0 bridgehead atoms. The Labute approximate surface area is 115 Å². The SMILES string of the molecule is Cc1cccc(-n2nc(NCCO)c(C(=O)O)n2)c1C. The molecule has 0 atom stereocenters. The second-order valence-corrected chi connectivity index (χ2v) is 4.36. The number of aryl methyl sites for hydroxylation is 1. The van der Waals surface area contributed by atoms with Crippen LogP contribution in [0.4, 0.5) is 5.82 Å². The summed E-state index contributed by atoms with van der Waals surface area (Å²) in [6.45, 7) is 3.99. The molecule has 106 valence electrons. The van der Waals surface area contributed by atoms with E-state index in [2.05, 4.69) is 15.5 Å². The molecule has 20 heavy (non-hydrogen) atoms. The molecule has 0 fully saturated rings. The minimum absolute atomic E-state index is 0.116. The lowest BCUT2D eigenvalue weighted by molar-refractivity contribution is 0.0691.